The van der Waals surface area contributed by atoms with Crippen LogP contribution in [0.15, 0.2) is 66.7 Å². The molecule has 0 spiro atoms. The van der Waals surface area contributed by atoms with Crippen LogP contribution in [0, 0.1) is 5.41 Å². The van der Waals surface area contributed by atoms with E-state index >= 15 is 0 Å². The van der Waals surface area contributed by atoms with Crippen LogP contribution in [0.25, 0.3) is 11.0 Å². The lowest BCUT2D eigenvalue weighted by atomic mass is 9.83. The molecule has 1 saturated heterocycles. The summed E-state index contributed by atoms with van der Waals surface area (Å²) in [7, 11) is -2.10. The highest BCUT2D eigenvalue weighted by molar-refractivity contribution is 7.47. The smallest absolute Gasteiger partial charge is 0.302 e. The fraction of sp³-hybridized carbons (Fsp3) is 0.280. The molecule has 9 nitrogen and oxygen atoms in total. The van der Waals surface area contributed by atoms with E-state index in [2.05, 4.69) is 15.7 Å². The molecule has 0 radical (unpaired) electrons. The Kier molecular flexibility index (Phi) is 8.38. The van der Waals surface area contributed by atoms with Crippen LogP contribution in [-0.2, 0) is 20.7 Å². The van der Waals surface area contributed by atoms with E-state index in [-0.39, 0.29) is 12.6 Å². The van der Waals surface area contributed by atoms with Gasteiger partial charge in [0, 0.05) is 28.1 Å². The first-order chi connectivity index (χ1) is 17.5. The van der Waals surface area contributed by atoms with Crippen molar-refractivity contribution in [1.29, 1.82) is 0 Å². The second-order valence-electron chi connectivity index (χ2n) is 9.35. The van der Waals surface area contributed by atoms with Gasteiger partial charge in [0.2, 0.25) is 0 Å². The number of phosphoric ester groups is 1. The van der Waals surface area contributed by atoms with Crippen molar-refractivity contribution >= 4 is 42.1 Å². The van der Waals surface area contributed by atoms with Gasteiger partial charge in [0.05, 0.1) is 18.2 Å². The second-order valence-corrected chi connectivity index (χ2v) is 11.6. The highest BCUT2D eigenvalue weighted by atomic mass is 35.5. The monoisotopic (exact) mass is 563 g/mol. The molecule has 1 aliphatic rings. The quantitative estimate of drug-likeness (QED) is 0.163. The van der Waals surface area contributed by atoms with Crippen molar-refractivity contribution in [2.75, 3.05) is 6.61 Å². The van der Waals surface area contributed by atoms with E-state index < -0.39 is 19.3 Å². The van der Waals surface area contributed by atoms with Crippen molar-refractivity contribution in [1.82, 2.24) is 20.4 Å². The Bertz CT molecular complexity index is 1430. The molecule has 0 saturated carbocycles. The molecule has 12 heteroatoms. The first kappa shape index (κ1) is 27.7. The lowest BCUT2D eigenvalue weighted by Gasteiger charge is -2.39. The zero-order valence-electron chi connectivity index (χ0n) is 20.5. The van der Waals surface area contributed by atoms with Crippen molar-refractivity contribution < 1.29 is 18.5 Å². The van der Waals surface area contributed by atoms with Gasteiger partial charge in [-0.25, -0.2) is 14.7 Å². The van der Waals surface area contributed by atoms with E-state index in [1.54, 1.807) is 22.9 Å². The van der Waals surface area contributed by atoms with Crippen LogP contribution in [0.3, 0.4) is 0 Å². The van der Waals surface area contributed by atoms with Gasteiger partial charge < -0.3 is 4.89 Å². The number of hydrazine groups is 1. The molecule has 2 heterocycles. The van der Waals surface area contributed by atoms with Gasteiger partial charge in [0.25, 0.3) is 0 Å². The molecule has 1 aromatic heterocycles. The third-order valence-electron chi connectivity index (χ3n) is 6.07. The summed E-state index contributed by atoms with van der Waals surface area (Å²) in [5.74, 6) is 5.71. The summed E-state index contributed by atoms with van der Waals surface area (Å²) in [5.41, 5.74) is 7.06. The summed E-state index contributed by atoms with van der Waals surface area (Å²) in [6.45, 7) is 3.96. The molecule has 3 atom stereocenters. The molecule has 5 rings (SSSR count). The van der Waals surface area contributed by atoms with E-state index in [4.69, 9.17) is 38.1 Å². The highest BCUT2D eigenvalue weighted by Crippen LogP contribution is 2.58. The average molecular weight is 564 g/mol. The number of phosphoric acid groups is 1. The minimum absolute atomic E-state index is 0.105. The number of rotatable bonds is 4. The standard InChI is InChI=1S/C14H14ClN5.C11H14ClO4P/c1-20-13-8-10(4-7-12(13)18-19-20)14(17-16)9-2-5-11(15)6-3-9;1-11(2)7-15-17(13,14)16-10(11)8-5-3-4-6-9(8)12/h2-8,14,17H,16H2,1H3;3-6,10H,7H2,1-2H3,(H,13,14). The van der Waals surface area contributed by atoms with Crippen molar-refractivity contribution in [3.8, 4) is 0 Å². The molecule has 4 N–H and O–H groups in total. The van der Waals surface area contributed by atoms with Gasteiger partial charge in [-0.3, -0.25) is 14.9 Å². The summed E-state index contributed by atoms with van der Waals surface area (Å²) < 4.78 is 23.2. The van der Waals surface area contributed by atoms with Crippen molar-refractivity contribution in [3.05, 3.63) is 93.5 Å². The van der Waals surface area contributed by atoms with E-state index in [1.165, 1.54) is 0 Å². The zero-order chi connectivity index (χ0) is 26.8. The van der Waals surface area contributed by atoms with Crippen molar-refractivity contribution in [3.63, 3.8) is 0 Å². The van der Waals surface area contributed by atoms with Crippen LogP contribution in [0.1, 0.15) is 42.7 Å². The van der Waals surface area contributed by atoms with Crippen LogP contribution in [0.2, 0.25) is 10.0 Å². The molecule has 37 heavy (non-hydrogen) atoms. The normalized spacial score (nSPS) is 21.8. The number of halogens is 2. The number of hydrogen-bond acceptors (Lipinski definition) is 7. The molecule has 0 amide bonds. The van der Waals surface area contributed by atoms with E-state index in [0.29, 0.717) is 15.6 Å². The molecule has 196 valence electrons. The largest absolute Gasteiger partial charge is 0.472 e. The number of aryl methyl sites for hydroxylation is 1. The maximum Gasteiger partial charge on any atom is 0.472 e. The Morgan fingerprint density at radius 2 is 1.81 bits per heavy atom. The van der Waals surface area contributed by atoms with Crippen LogP contribution in [-0.4, -0.2) is 26.5 Å². The second kappa shape index (κ2) is 11.2. The predicted octanol–water partition coefficient (Wildman–Crippen LogP) is 5.73. The average Bonchev–Trinajstić information content (AvgIpc) is 3.24. The first-order valence-electron chi connectivity index (χ1n) is 11.4. The summed E-state index contributed by atoms with van der Waals surface area (Å²) >= 11 is 12.0. The molecule has 3 aromatic carbocycles. The van der Waals surface area contributed by atoms with Crippen LogP contribution in [0.4, 0.5) is 0 Å². The van der Waals surface area contributed by atoms with E-state index in [0.717, 1.165) is 22.2 Å². The lowest BCUT2D eigenvalue weighted by Crippen LogP contribution is -2.33. The highest BCUT2D eigenvalue weighted by Gasteiger charge is 2.45. The van der Waals surface area contributed by atoms with Crippen molar-refractivity contribution in [2.45, 2.75) is 26.0 Å². The third kappa shape index (κ3) is 6.39. The molecule has 0 bridgehead atoms. The summed E-state index contributed by atoms with van der Waals surface area (Å²) in [6, 6.07) is 20.6. The molecule has 1 fully saturated rings. The maximum atomic E-state index is 11.5. The number of nitrogens with zero attached hydrogens (tertiary/aromatic N) is 3. The molecule has 0 aliphatic carbocycles. The Labute approximate surface area is 225 Å². The SMILES string of the molecule is CC1(C)COP(=O)(O)OC1c1ccccc1Cl.Cn1nnc2ccc(C(NN)c3ccc(Cl)cc3)cc21. The Morgan fingerprint density at radius 1 is 1.14 bits per heavy atom. The Morgan fingerprint density at radius 3 is 2.49 bits per heavy atom. The number of fused-ring (bicyclic) bond motifs is 1. The van der Waals surface area contributed by atoms with Gasteiger partial charge >= 0.3 is 7.82 Å². The summed E-state index contributed by atoms with van der Waals surface area (Å²) in [4.78, 5) is 9.40. The number of nitrogens with one attached hydrogen (secondary N) is 1. The lowest BCUT2D eigenvalue weighted by molar-refractivity contribution is -0.0472. The predicted molar refractivity (Wildman–Crippen MR) is 144 cm³/mol. The summed E-state index contributed by atoms with van der Waals surface area (Å²) in [6.07, 6.45) is -0.555. The fourth-order valence-electron chi connectivity index (χ4n) is 4.06. The van der Waals surface area contributed by atoms with Crippen LogP contribution in [0.5, 0.6) is 0 Å². The minimum Gasteiger partial charge on any atom is -0.302 e. The fourth-order valence-corrected chi connectivity index (χ4v) is 5.65. The van der Waals surface area contributed by atoms with Gasteiger partial charge in [-0.2, -0.15) is 0 Å². The van der Waals surface area contributed by atoms with Gasteiger partial charge in [0.15, 0.2) is 0 Å². The van der Waals surface area contributed by atoms with E-state index in [9.17, 15) is 9.46 Å². The molecule has 3 unspecified atom stereocenters. The maximum absolute atomic E-state index is 11.5. The number of hydrogen-bond donors (Lipinski definition) is 3. The molecule has 4 aromatic rings. The van der Waals surface area contributed by atoms with E-state index in [1.807, 2.05) is 69.4 Å². The van der Waals surface area contributed by atoms with Gasteiger partial charge in [-0.05, 0) is 41.5 Å². The minimum atomic E-state index is -3.97. The first-order valence-corrected chi connectivity index (χ1v) is 13.7. The third-order valence-corrected chi connectivity index (χ3v) is 7.60. The Balaban J connectivity index is 0.000000176. The number of nitrogens with two attached hydrogens (primary N) is 1. The topological polar surface area (TPSA) is 125 Å². The number of benzene rings is 3. The van der Waals surface area contributed by atoms with Gasteiger partial charge in [-0.1, -0.05) is 78.7 Å². The van der Waals surface area contributed by atoms with Crippen LogP contribution < -0.4 is 11.3 Å². The van der Waals surface area contributed by atoms with Gasteiger partial charge in [-0.15, -0.1) is 5.10 Å². The zero-order valence-corrected chi connectivity index (χ0v) is 22.9. The molecule has 1 aliphatic heterocycles. The molecular weight excluding hydrogens is 536 g/mol. The Hall–Kier alpha value is -2.33. The van der Waals surface area contributed by atoms with Crippen LogP contribution >= 0.6 is 31.0 Å². The van der Waals surface area contributed by atoms with Crippen molar-refractivity contribution in [2.24, 2.45) is 18.3 Å². The summed E-state index contributed by atoms with van der Waals surface area (Å²) in [5, 5.41) is 9.30. The number of aromatic nitrogens is 3. The molecular formula is C25H28Cl2N5O4P. The van der Waals surface area contributed by atoms with Gasteiger partial charge in [0.1, 0.15) is 11.6 Å².